The van der Waals surface area contributed by atoms with Crippen molar-refractivity contribution < 1.29 is 9.15 Å². The Balaban J connectivity index is 1.61. The third-order valence-corrected chi connectivity index (χ3v) is 5.73. The Labute approximate surface area is 167 Å². The van der Waals surface area contributed by atoms with E-state index in [0.717, 1.165) is 43.7 Å². The Kier molecular flexibility index (Phi) is 3.90. The van der Waals surface area contributed by atoms with Crippen LogP contribution in [0.5, 0.6) is 5.75 Å². The summed E-state index contributed by atoms with van der Waals surface area (Å²) in [5.41, 5.74) is 3.15. The summed E-state index contributed by atoms with van der Waals surface area (Å²) in [6.45, 7) is 0. The maximum atomic E-state index is 6.34. The van der Waals surface area contributed by atoms with E-state index in [-0.39, 0.29) is 12.3 Å². The fourth-order valence-electron chi connectivity index (χ4n) is 3.50. The van der Waals surface area contributed by atoms with Gasteiger partial charge < -0.3 is 9.15 Å². The molecule has 4 nitrogen and oxygen atoms in total. The van der Waals surface area contributed by atoms with Gasteiger partial charge in [-0.3, -0.25) is 0 Å². The monoisotopic (exact) mass is 472 g/mol. The highest BCUT2D eigenvalue weighted by Crippen LogP contribution is 2.48. The molecule has 0 saturated carbocycles. The van der Waals surface area contributed by atoms with E-state index in [2.05, 4.69) is 55.1 Å². The average molecular weight is 474 g/mol. The number of benzene rings is 2. The molecule has 0 amide bonds. The summed E-state index contributed by atoms with van der Waals surface area (Å²) in [5.74, 6) is 1.71. The molecule has 130 valence electrons. The summed E-state index contributed by atoms with van der Waals surface area (Å²) < 4.78 is 14.0. The largest absolute Gasteiger partial charge is 0.464 e. The van der Waals surface area contributed by atoms with Crippen molar-refractivity contribution in [3.05, 3.63) is 86.7 Å². The third kappa shape index (κ3) is 2.68. The number of ether oxygens (including phenoxy) is 1. The fourth-order valence-corrected chi connectivity index (χ4v) is 4.14. The van der Waals surface area contributed by atoms with Gasteiger partial charge in [0.15, 0.2) is 0 Å². The van der Waals surface area contributed by atoms with Crippen LogP contribution < -0.4 is 4.74 Å². The Morgan fingerprint density at radius 2 is 1.81 bits per heavy atom. The van der Waals surface area contributed by atoms with Gasteiger partial charge in [-0.05, 0) is 42.5 Å². The number of fused-ring (bicyclic) bond motifs is 3. The second-order valence-corrected chi connectivity index (χ2v) is 8.16. The summed E-state index contributed by atoms with van der Waals surface area (Å²) in [7, 11) is 0. The Morgan fingerprint density at radius 1 is 1.00 bits per heavy atom. The van der Waals surface area contributed by atoms with Crippen LogP contribution in [0.2, 0.25) is 0 Å². The first-order valence-corrected chi connectivity index (χ1v) is 9.89. The summed E-state index contributed by atoms with van der Waals surface area (Å²) in [6, 6.07) is 18.3. The van der Waals surface area contributed by atoms with Crippen LogP contribution in [0, 0.1) is 0 Å². The number of hydrogen-bond donors (Lipinski definition) is 0. The van der Waals surface area contributed by atoms with Crippen molar-refractivity contribution in [2.75, 3.05) is 0 Å². The van der Waals surface area contributed by atoms with Gasteiger partial charge in [-0.2, -0.15) is 5.10 Å². The van der Waals surface area contributed by atoms with Gasteiger partial charge in [0.1, 0.15) is 17.2 Å². The molecule has 5 rings (SSSR count). The van der Waals surface area contributed by atoms with Crippen LogP contribution in [0.25, 0.3) is 0 Å². The van der Waals surface area contributed by atoms with Crippen LogP contribution in [0.1, 0.15) is 35.6 Å². The van der Waals surface area contributed by atoms with Gasteiger partial charge >= 0.3 is 0 Å². The maximum Gasteiger partial charge on any atom is 0.213 e. The molecule has 6 heteroatoms. The number of furan rings is 1. The van der Waals surface area contributed by atoms with Crippen LogP contribution in [-0.2, 0) is 0 Å². The number of hydrogen-bond acceptors (Lipinski definition) is 4. The number of nitrogens with zero attached hydrogens (tertiary/aromatic N) is 2. The summed E-state index contributed by atoms with van der Waals surface area (Å²) >= 11 is 7.07. The minimum Gasteiger partial charge on any atom is -0.464 e. The Morgan fingerprint density at radius 3 is 2.58 bits per heavy atom. The topological polar surface area (TPSA) is 38.0 Å². The molecule has 26 heavy (non-hydrogen) atoms. The van der Waals surface area contributed by atoms with Gasteiger partial charge in [0.25, 0.3) is 0 Å². The fraction of sp³-hybridized carbons (Fsp3) is 0.150. The lowest BCUT2D eigenvalue weighted by atomic mass is 9.97. The zero-order chi connectivity index (χ0) is 17.7. The molecule has 0 aliphatic carbocycles. The van der Waals surface area contributed by atoms with E-state index in [1.165, 1.54) is 0 Å². The van der Waals surface area contributed by atoms with Crippen LogP contribution in [0.4, 0.5) is 0 Å². The first-order chi connectivity index (χ1) is 12.7. The predicted octanol–water partition coefficient (Wildman–Crippen LogP) is 6.05. The first-order valence-electron chi connectivity index (χ1n) is 8.30. The molecule has 1 aromatic heterocycles. The quantitative estimate of drug-likeness (QED) is 0.454. The summed E-state index contributed by atoms with van der Waals surface area (Å²) in [5, 5.41) is 6.92. The molecule has 2 aliphatic rings. The van der Waals surface area contributed by atoms with Crippen LogP contribution in [0.15, 0.2) is 79.3 Å². The van der Waals surface area contributed by atoms with Crippen molar-refractivity contribution in [3.63, 3.8) is 0 Å². The van der Waals surface area contributed by atoms with Crippen LogP contribution >= 0.6 is 31.9 Å². The third-order valence-electron chi connectivity index (χ3n) is 4.71. The van der Waals surface area contributed by atoms with E-state index < -0.39 is 0 Å². The number of hydrazone groups is 1. The van der Waals surface area contributed by atoms with Gasteiger partial charge in [0.2, 0.25) is 6.23 Å². The van der Waals surface area contributed by atoms with Gasteiger partial charge in [0, 0.05) is 26.5 Å². The molecule has 0 radical (unpaired) electrons. The van der Waals surface area contributed by atoms with Crippen molar-refractivity contribution in [2.24, 2.45) is 5.10 Å². The minimum atomic E-state index is -0.269. The summed E-state index contributed by atoms with van der Waals surface area (Å²) in [6.07, 6.45) is 2.20. The molecule has 2 atom stereocenters. The van der Waals surface area contributed by atoms with Gasteiger partial charge in [-0.25, -0.2) is 5.01 Å². The zero-order valence-electron chi connectivity index (χ0n) is 13.6. The lowest BCUT2D eigenvalue weighted by Crippen LogP contribution is -2.33. The van der Waals surface area contributed by atoms with E-state index in [9.17, 15) is 0 Å². The molecule has 2 aliphatic heterocycles. The minimum absolute atomic E-state index is 0.116. The average Bonchev–Trinajstić information content (AvgIpc) is 3.32. The molecule has 0 bridgehead atoms. The number of halogens is 2. The number of rotatable bonds is 2. The van der Waals surface area contributed by atoms with Gasteiger partial charge in [-0.15, -0.1) is 0 Å². The van der Waals surface area contributed by atoms with Crippen molar-refractivity contribution in [1.29, 1.82) is 0 Å². The molecular weight excluding hydrogens is 460 g/mol. The molecule has 3 aromatic rings. The van der Waals surface area contributed by atoms with E-state index in [1.54, 1.807) is 6.26 Å². The van der Waals surface area contributed by atoms with Gasteiger partial charge in [-0.1, -0.05) is 44.0 Å². The predicted molar refractivity (Wildman–Crippen MR) is 106 cm³/mol. The lowest BCUT2D eigenvalue weighted by molar-refractivity contribution is -0.0190. The van der Waals surface area contributed by atoms with E-state index >= 15 is 0 Å². The van der Waals surface area contributed by atoms with E-state index in [4.69, 9.17) is 14.3 Å². The molecule has 0 fully saturated rings. The first kappa shape index (κ1) is 16.1. The molecule has 2 unspecified atom stereocenters. The van der Waals surface area contributed by atoms with Crippen molar-refractivity contribution in [3.8, 4) is 5.75 Å². The standard InChI is InChI=1S/C20H14Br2N2O2/c21-13-5-3-12(4-6-13)20-24-17(11-16(23-24)19-2-1-9-25-19)15-10-14(22)7-8-18(15)26-20/h1-10,17,20H,11H2. The van der Waals surface area contributed by atoms with E-state index in [1.807, 2.05) is 36.4 Å². The Bertz CT molecular complexity index is 984. The highest BCUT2D eigenvalue weighted by atomic mass is 79.9. The second-order valence-electron chi connectivity index (χ2n) is 6.33. The zero-order valence-corrected chi connectivity index (χ0v) is 16.8. The molecule has 0 spiro atoms. The molecule has 3 heterocycles. The lowest BCUT2D eigenvalue weighted by Gasteiger charge is -2.38. The SMILES string of the molecule is Brc1ccc(C2Oc3ccc(Br)cc3C3CC(c4ccco4)=NN32)cc1. The van der Waals surface area contributed by atoms with E-state index in [0.29, 0.717) is 0 Å². The maximum absolute atomic E-state index is 6.34. The van der Waals surface area contributed by atoms with Crippen molar-refractivity contribution >= 4 is 37.6 Å². The molecule has 0 saturated heterocycles. The van der Waals surface area contributed by atoms with Crippen LogP contribution in [-0.4, -0.2) is 10.7 Å². The Hall–Kier alpha value is -2.05. The van der Waals surface area contributed by atoms with Crippen molar-refractivity contribution in [2.45, 2.75) is 18.7 Å². The highest BCUT2D eigenvalue weighted by Gasteiger charge is 2.41. The van der Waals surface area contributed by atoms with Crippen LogP contribution in [0.3, 0.4) is 0 Å². The highest BCUT2D eigenvalue weighted by molar-refractivity contribution is 9.10. The van der Waals surface area contributed by atoms with Crippen molar-refractivity contribution in [1.82, 2.24) is 5.01 Å². The summed E-state index contributed by atoms with van der Waals surface area (Å²) in [4.78, 5) is 0. The molecular formula is C20H14Br2N2O2. The normalized spacial score (nSPS) is 21.0. The molecule has 2 aromatic carbocycles. The van der Waals surface area contributed by atoms with Gasteiger partial charge in [0.05, 0.1) is 12.3 Å². The second kappa shape index (κ2) is 6.28. The molecule has 0 N–H and O–H groups in total. The smallest absolute Gasteiger partial charge is 0.213 e.